The first kappa shape index (κ1) is 17.2. The summed E-state index contributed by atoms with van der Waals surface area (Å²) >= 11 is 0. The number of hydrogen-bond donors (Lipinski definition) is 2. The Balaban J connectivity index is 2.22. The van der Waals surface area contributed by atoms with Gasteiger partial charge in [0.2, 0.25) is 0 Å². The van der Waals surface area contributed by atoms with Crippen molar-refractivity contribution in [1.82, 2.24) is 10.2 Å². The molecular formula is C15H30N2O3. The molecule has 0 bridgehead atoms. The van der Waals surface area contributed by atoms with Gasteiger partial charge < -0.3 is 20.1 Å². The van der Waals surface area contributed by atoms with Gasteiger partial charge in [-0.2, -0.15) is 0 Å². The van der Waals surface area contributed by atoms with Gasteiger partial charge in [-0.1, -0.05) is 13.8 Å². The summed E-state index contributed by atoms with van der Waals surface area (Å²) in [6, 6.07) is 0.00503. The first-order chi connectivity index (χ1) is 9.40. The summed E-state index contributed by atoms with van der Waals surface area (Å²) in [5.41, 5.74) is 0. The molecule has 1 aliphatic rings. The molecule has 2 amide bonds. The zero-order valence-corrected chi connectivity index (χ0v) is 13.3. The van der Waals surface area contributed by atoms with Crippen LogP contribution in [0.4, 0.5) is 4.79 Å². The van der Waals surface area contributed by atoms with E-state index in [0.717, 1.165) is 32.5 Å². The van der Waals surface area contributed by atoms with E-state index in [2.05, 4.69) is 19.2 Å². The van der Waals surface area contributed by atoms with Crippen LogP contribution >= 0.6 is 0 Å². The zero-order chi connectivity index (χ0) is 15.1. The smallest absolute Gasteiger partial charge is 0.317 e. The van der Waals surface area contributed by atoms with Crippen LogP contribution in [0.5, 0.6) is 0 Å². The van der Waals surface area contributed by atoms with Crippen LogP contribution in [0.25, 0.3) is 0 Å². The highest BCUT2D eigenvalue weighted by molar-refractivity contribution is 5.74. The van der Waals surface area contributed by atoms with Crippen LogP contribution in [0.3, 0.4) is 0 Å². The Hall–Kier alpha value is -0.810. The summed E-state index contributed by atoms with van der Waals surface area (Å²) in [6.45, 7) is 10.7. The van der Waals surface area contributed by atoms with Crippen molar-refractivity contribution in [2.75, 3.05) is 26.3 Å². The van der Waals surface area contributed by atoms with Gasteiger partial charge in [-0.05, 0) is 38.5 Å². The topological polar surface area (TPSA) is 61.8 Å². The monoisotopic (exact) mass is 286 g/mol. The van der Waals surface area contributed by atoms with E-state index in [0.29, 0.717) is 18.4 Å². The van der Waals surface area contributed by atoms with Gasteiger partial charge in [-0.3, -0.25) is 0 Å². The molecule has 0 aromatic heterocycles. The number of carbonyl (C=O) groups is 1. The molecular weight excluding hydrogens is 256 g/mol. The fourth-order valence-corrected chi connectivity index (χ4v) is 2.41. The average Bonchev–Trinajstić information content (AvgIpc) is 2.38. The molecule has 0 radical (unpaired) electrons. The predicted molar refractivity (Wildman–Crippen MR) is 79.6 cm³/mol. The molecule has 118 valence electrons. The molecule has 0 aromatic carbocycles. The number of ether oxygens (including phenoxy) is 1. The minimum Gasteiger partial charge on any atom is -0.393 e. The number of carbonyl (C=O) groups excluding carboxylic acids is 1. The minimum absolute atomic E-state index is 0.0188. The van der Waals surface area contributed by atoms with E-state index in [1.54, 1.807) is 0 Å². The van der Waals surface area contributed by atoms with Gasteiger partial charge >= 0.3 is 6.03 Å². The summed E-state index contributed by atoms with van der Waals surface area (Å²) in [4.78, 5) is 13.9. The number of hydrogen-bond acceptors (Lipinski definition) is 3. The van der Waals surface area contributed by atoms with E-state index in [4.69, 9.17) is 4.74 Å². The SMILES string of the molecule is CC(C)COCC(C)NC(=O)N1CCC(C(C)O)CC1. The molecule has 1 rings (SSSR count). The van der Waals surface area contributed by atoms with Crippen molar-refractivity contribution < 1.29 is 14.6 Å². The standard InChI is InChI=1S/C15H30N2O3/c1-11(2)9-20-10-12(3)16-15(19)17-7-5-14(6-8-17)13(4)18/h11-14,18H,5-10H2,1-4H3,(H,16,19). The lowest BCUT2D eigenvalue weighted by atomic mass is 9.92. The maximum Gasteiger partial charge on any atom is 0.317 e. The largest absolute Gasteiger partial charge is 0.393 e. The summed E-state index contributed by atoms with van der Waals surface area (Å²) in [5, 5.41) is 12.5. The lowest BCUT2D eigenvalue weighted by Gasteiger charge is -2.34. The number of likely N-dealkylation sites (tertiary alicyclic amines) is 1. The molecule has 1 fully saturated rings. The first-order valence-corrected chi connectivity index (χ1v) is 7.71. The van der Waals surface area contributed by atoms with Crippen molar-refractivity contribution in [2.45, 2.75) is 52.7 Å². The van der Waals surface area contributed by atoms with Crippen molar-refractivity contribution in [2.24, 2.45) is 11.8 Å². The van der Waals surface area contributed by atoms with Crippen LogP contribution in [0, 0.1) is 11.8 Å². The molecule has 0 saturated carbocycles. The van der Waals surface area contributed by atoms with Crippen molar-refractivity contribution in [3.63, 3.8) is 0 Å². The average molecular weight is 286 g/mol. The number of nitrogens with one attached hydrogen (secondary N) is 1. The molecule has 0 aliphatic carbocycles. The van der Waals surface area contributed by atoms with E-state index >= 15 is 0 Å². The highest BCUT2D eigenvalue weighted by Crippen LogP contribution is 2.20. The Morgan fingerprint density at radius 3 is 2.35 bits per heavy atom. The van der Waals surface area contributed by atoms with Crippen molar-refractivity contribution in [3.8, 4) is 0 Å². The Morgan fingerprint density at radius 1 is 1.25 bits per heavy atom. The maximum atomic E-state index is 12.1. The van der Waals surface area contributed by atoms with Crippen LogP contribution in [0.15, 0.2) is 0 Å². The third kappa shape index (κ3) is 6.09. The minimum atomic E-state index is -0.274. The number of aliphatic hydroxyl groups is 1. The lowest BCUT2D eigenvalue weighted by Crippen LogP contribution is -2.49. The fourth-order valence-electron chi connectivity index (χ4n) is 2.41. The third-order valence-electron chi connectivity index (χ3n) is 3.70. The van der Waals surface area contributed by atoms with Crippen LogP contribution in [-0.2, 0) is 4.74 Å². The number of rotatable bonds is 6. The maximum absolute atomic E-state index is 12.1. The molecule has 1 heterocycles. The third-order valence-corrected chi connectivity index (χ3v) is 3.70. The number of nitrogens with zero attached hydrogens (tertiary/aromatic N) is 1. The second-order valence-corrected chi connectivity index (χ2v) is 6.35. The fraction of sp³-hybridized carbons (Fsp3) is 0.933. The number of piperidine rings is 1. The van der Waals surface area contributed by atoms with Gasteiger partial charge in [0, 0.05) is 19.7 Å². The Bertz CT molecular complexity index is 287. The number of urea groups is 1. The van der Waals surface area contributed by atoms with Crippen LogP contribution in [0.2, 0.25) is 0 Å². The summed E-state index contributed by atoms with van der Waals surface area (Å²) in [6.07, 6.45) is 1.48. The molecule has 2 unspecified atom stereocenters. The van der Waals surface area contributed by atoms with Crippen molar-refractivity contribution >= 4 is 6.03 Å². The van der Waals surface area contributed by atoms with Crippen LogP contribution in [0.1, 0.15) is 40.5 Å². The summed E-state index contributed by atoms with van der Waals surface area (Å²) in [5.74, 6) is 0.836. The summed E-state index contributed by atoms with van der Waals surface area (Å²) in [7, 11) is 0. The van der Waals surface area contributed by atoms with E-state index in [9.17, 15) is 9.90 Å². The molecule has 0 spiro atoms. The Morgan fingerprint density at radius 2 is 1.85 bits per heavy atom. The molecule has 5 heteroatoms. The predicted octanol–water partition coefficient (Wildman–Crippen LogP) is 1.85. The van der Waals surface area contributed by atoms with Crippen LogP contribution in [-0.4, -0.2) is 54.5 Å². The number of amides is 2. The van der Waals surface area contributed by atoms with Gasteiger partial charge in [0.15, 0.2) is 0 Å². The second-order valence-electron chi connectivity index (χ2n) is 6.35. The molecule has 1 aliphatic heterocycles. The van der Waals surface area contributed by atoms with Gasteiger partial charge in [-0.15, -0.1) is 0 Å². The van der Waals surface area contributed by atoms with Gasteiger partial charge in [0.25, 0.3) is 0 Å². The van der Waals surface area contributed by atoms with Gasteiger partial charge in [0.1, 0.15) is 0 Å². The zero-order valence-electron chi connectivity index (χ0n) is 13.3. The van der Waals surface area contributed by atoms with E-state index in [-0.39, 0.29) is 18.2 Å². The molecule has 2 atom stereocenters. The Kier molecular flexibility index (Phi) is 7.30. The first-order valence-electron chi connectivity index (χ1n) is 7.71. The normalized spacial score (nSPS) is 20.0. The molecule has 1 saturated heterocycles. The molecule has 20 heavy (non-hydrogen) atoms. The van der Waals surface area contributed by atoms with E-state index in [1.165, 1.54) is 0 Å². The highest BCUT2D eigenvalue weighted by Gasteiger charge is 2.25. The van der Waals surface area contributed by atoms with Crippen LogP contribution < -0.4 is 5.32 Å². The molecule has 2 N–H and O–H groups in total. The molecule has 5 nitrogen and oxygen atoms in total. The number of aliphatic hydroxyl groups excluding tert-OH is 1. The van der Waals surface area contributed by atoms with E-state index < -0.39 is 0 Å². The van der Waals surface area contributed by atoms with Gasteiger partial charge in [-0.25, -0.2) is 4.79 Å². The second kappa shape index (κ2) is 8.47. The van der Waals surface area contributed by atoms with Crippen molar-refractivity contribution in [1.29, 1.82) is 0 Å². The Labute approximate surface area is 122 Å². The lowest BCUT2D eigenvalue weighted by molar-refractivity contribution is 0.0748. The van der Waals surface area contributed by atoms with E-state index in [1.807, 2.05) is 18.7 Å². The van der Waals surface area contributed by atoms with Gasteiger partial charge in [0.05, 0.1) is 18.8 Å². The van der Waals surface area contributed by atoms with Crippen molar-refractivity contribution in [3.05, 3.63) is 0 Å². The summed E-state index contributed by atoms with van der Waals surface area (Å²) < 4.78 is 5.53. The molecule has 0 aromatic rings. The highest BCUT2D eigenvalue weighted by atomic mass is 16.5. The quantitative estimate of drug-likeness (QED) is 0.783.